The van der Waals surface area contributed by atoms with Crippen LogP contribution in [-0.2, 0) is 0 Å². The Bertz CT molecular complexity index is 545. The first kappa shape index (κ1) is 14.8. The fourth-order valence-electron chi connectivity index (χ4n) is 2.23. The van der Waals surface area contributed by atoms with E-state index >= 15 is 0 Å². The number of rotatable bonds is 5. The summed E-state index contributed by atoms with van der Waals surface area (Å²) < 4.78 is 3.16. The zero-order chi connectivity index (χ0) is 14.0. The fraction of sp³-hybridized carbons (Fsp3) is 0.500. The lowest BCUT2D eigenvalue weighted by Crippen LogP contribution is -2.25. The van der Waals surface area contributed by atoms with E-state index in [1.165, 1.54) is 16.1 Å². The third-order valence-corrected chi connectivity index (χ3v) is 4.82. The molecule has 1 N–H and O–H groups in total. The molecule has 0 radical (unpaired) electrons. The Hall–Kier alpha value is -0.650. The van der Waals surface area contributed by atoms with E-state index in [0.717, 1.165) is 11.0 Å². The first-order valence-electron chi connectivity index (χ1n) is 6.56. The summed E-state index contributed by atoms with van der Waals surface area (Å²) >= 11 is 5.45. The van der Waals surface area contributed by atoms with Crippen molar-refractivity contribution in [3.63, 3.8) is 0 Å². The SMILES string of the molecule is CCNC(c1sccc1C)c1c(Br)cnn1C(C)C. The summed E-state index contributed by atoms with van der Waals surface area (Å²) in [7, 11) is 0. The highest BCUT2D eigenvalue weighted by Gasteiger charge is 2.24. The van der Waals surface area contributed by atoms with Crippen molar-refractivity contribution in [3.05, 3.63) is 38.3 Å². The molecule has 19 heavy (non-hydrogen) atoms. The highest BCUT2D eigenvalue weighted by molar-refractivity contribution is 9.10. The number of nitrogens with zero attached hydrogens (tertiary/aromatic N) is 2. The van der Waals surface area contributed by atoms with Crippen LogP contribution in [0.4, 0.5) is 0 Å². The molecule has 0 spiro atoms. The number of aromatic nitrogens is 2. The van der Waals surface area contributed by atoms with Gasteiger partial charge in [0.05, 0.1) is 22.4 Å². The van der Waals surface area contributed by atoms with Crippen molar-refractivity contribution in [2.45, 2.75) is 39.8 Å². The molecular weight excluding hydrogens is 322 g/mol. The molecule has 0 fully saturated rings. The van der Waals surface area contributed by atoms with Crippen LogP contribution in [0.1, 0.15) is 49.0 Å². The zero-order valence-electron chi connectivity index (χ0n) is 11.8. The number of hydrogen-bond donors (Lipinski definition) is 1. The van der Waals surface area contributed by atoms with Crippen molar-refractivity contribution in [1.82, 2.24) is 15.1 Å². The second-order valence-corrected chi connectivity index (χ2v) is 6.68. The molecule has 0 aliphatic rings. The Morgan fingerprint density at radius 1 is 1.47 bits per heavy atom. The van der Waals surface area contributed by atoms with Crippen LogP contribution in [0.25, 0.3) is 0 Å². The molecule has 2 rings (SSSR count). The van der Waals surface area contributed by atoms with Crippen molar-refractivity contribution in [2.75, 3.05) is 6.54 Å². The topological polar surface area (TPSA) is 29.9 Å². The predicted octanol–water partition coefficient (Wildman–Crippen LogP) is 4.30. The number of hydrogen-bond acceptors (Lipinski definition) is 3. The van der Waals surface area contributed by atoms with Gasteiger partial charge in [-0.05, 0) is 60.3 Å². The number of aryl methyl sites for hydroxylation is 1. The van der Waals surface area contributed by atoms with E-state index in [1.807, 2.05) is 6.20 Å². The summed E-state index contributed by atoms with van der Waals surface area (Å²) in [6.45, 7) is 9.55. The minimum atomic E-state index is 0.198. The van der Waals surface area contributed by atoms with Crippen LogP contribution >= 0.6 is 27.3 Å². The number of halogens is 1. The summed E-state index contributed by atoms with van der Waals surface area (Å²) in [6.07, 6.45) is 1.89. The Labute approximate surface area is 127 Å². The maximum Gasteiger partial charge on any atom is 0.0856 e. The van der Waals surface area contributed by atoms with Gasteiger partial charge in [0.2, 0.25) is 0 Å². The maximum atomic E-state index is 4.49. The lowest BCUT2D eigenvalue weighted by molar-refractivity contribution is 0.477. The van der Waals surface area contributed by atoms with Crippen molar-refractivity contribution in [2.24, 2.45) is 0 Å². The molecule has 0 aliphatic heterocycles. The third-order valence-electron chi connectivity index (χ3n) is 3.12. The molecule has 2 aromatic rings. The molecule has 1 atom stereocenters. The van der Waals surface area contributed by atoms with Gasteiger partial charge >= 0.3 is 0 Å². The van der Waals surface area contributed by atoms with E-state index in [9.17, 15) is 0 Å². The highest BCUT2D eigenvalue weighted by atomic mass is 79.9. The van der Waals surface area contributed by atoms with Crippen LogP contribution < -0.4 is 5.32 Å². The molecule has 0 aromatic carbocycles. The van der Waals surface area contributed by atoms with E-state index in [0.29, 0.717) is 6.04 Å². The Morgan fingerprint density at radius 2 is 2.21 bits per heavy atom. The number of thiophene rings is 1. The van der Waals surface area contributed by atoms with Crippen LogP contribution in [-0.4, -0.2) is 16.3 Å². The van der Waals surface area contributed by atoms with Crippen molar-refractivity contribution in [3.8, 4) is 0 Å². The molecule has 0 aliphatic carbocycles. The molecule has 0 amide bonds. The van der Waals surface area contributed by atoms with Gasteiger partial charge in [-0.1, -0.05) is 6.92 Å². The van der Waals surface area contributed by atoms with Crippen molar-refractivity contribution < 1.29 is 0 Å². The van der Waals surface area contributed by atoms with Gasteiger partial charge in [-0.25, -0.2) is 0 Å². The minimum Gasteiger partial charge on any atom is -0.305 e. The Morgan fingerprint density at radius 3 is 2.74 bits per heavy atom. The van der Waals surface area contributed by atoms with Crippen LogP contribution in [0.3, 0.4) is 0 Å². The summed E-state index contributed by atoms with van der Waals surface area (Å²) in [5.74, 6) is 0. The summed E-state index contributed by atoms with van der Waals surface area (Å²) in [5.41, 5.74) is 2.54. The second kappa shape index (κ2) is 6.20. The van der Waals surface area contributed by atoms with Crippen LogP contribution in [0.2, 0.25) is 0 Å². The Kier molecular flexibility index (Phi) is 4.81. The van der Waals surface area contributed by atoms with Gasteiger partial charge in [0, 0.05) is 10.9 Å². The van der Waals surface area contributed by atoms with Crippen LogP contribution in [0.5, 0.6) is 0 Å². The molecule has 104 valence electrons. The molecule has 0 saturated heterocycles. The largest absolute Gasteiger partial charge is 0.305 e. The van der Waals surface area contributed by atoms with Gasteiger partial charge in [-0.15, -0.1) is 11.3 Å². The average Bonchev–Trinajstić information content (AvgIpc) is 2.93. The summed E-state index contributed by atoms with van der Waals surface area (Å²) in [5, 5.41) is 10.2. The molecule has 5 heteroatoms. The van der Waals surface area contributed by atoms with Gasteiger partial charge in [0.1, 0.15) is 0 Å². The summed E-state index contributed by atoms with van der Waals surface area (Å²) in [4.78, 5) is 1.37. The second-order valence-electron chi connectivity index (χ2n) is 4.87. The Balaban J connectivity index is 2.51. The molecule has 3 nitrogen and oxygen atoms in total. The molecule has 2 aromatic heterocycles. The van der Waals surface area contributed by atoms with Crippen molar-refractivity contribution >= 4 is 27.3 Å². The van der Waals surface area contributed by atoms with Gasteiger partial charge in [0.25, 0.3) is 0 Å². The van der Waals surface area contributed by atoms with E-state index in [4.69, 9.17) is 0 Å². The monoisotopic (exact) mass is 341 g/mol. The van der Waals surface area contributed by atoms with Gasteiger partial charge in [-0.3, -0.25) is 4.68 Å². The molecule has 1 unspecified atom stereocenters. The third kappa shape index (κ3) is 2.93. The van der Waals surface area contributed by atoms with E-state index in [1.54, 1.807) is 11.3 Å². The zero-order valence-corrected chi connectivity index (χ0v) is 14.2. The molecule has 2 heterocycles. The fourth-order valence-corrected chi connectivity index (χ4v) is 3.74. The smallest absolute Gasteiger partial charge is 0.0856 e. The normalized spacial score (nSPS) is 13.2. The minimum absolute atomic E-state index is 0.198. The van der Waals surface area contributed by atoms with Crippen LogP contribution in [0.15, 0.2) is 22.1 Å². The quantitative estimate of drug-likeness (QED) is 0.878. The number of nitrogens with one attached hydrogen (secondary N) is 1. The standard InChI is InChI=1S/C14H20BrN3S/c1-5-16-12(14-10(4)6-7-19-14)13-11(15)8-17-18(13)9(2)3/h6-9,12,16H,5H2,1-4H3. The van der Waals surface area contributed by atoms with Gasteiger partial charge in [-0.2, -0.15) is 5.10 Å². The summed E-state index contributed by atoms with van der Waals surface area (Å²) in [6, 6.07) is 2.72. The van der Waals surface area contributed by atoms with Crippen molar-refractivity contribution in [1.29, 1.82) is 0 Å². The first-order valence-corrected chi connectivity index (χ1v) is 8.23. The van der Waals surface area contributed by atoms with Crippen LogP contribution in [0, 0.1) is 6.92 Å². The highest BCUT2D eigenvalue weighted by Crippen LogP contribution is 2.34. The lowest BCUT2D eigenvalue weighted by Gasteiger charge is -2.21. The van der Waals surface area contributed by atoms with Gasteiger partial charge < -0.3 is 5.32 Å². The predicted molar refractivity (Wildman–Crippen MR) is 84.9 cm³/mol. The van der Waals surface area contributed by atoms with E-state index in [2.05, 4.69) is 70.2 Å². The first-order chi connectivity index (χ1) is 9.06. The average molecular weight is 342 g/mol. The molecule has 0 saturated carbocycles. The molecular formula is C14H20BrN3S. The maximum absolute atomic E-state index is 4.49. The van der Waals surface area contributed by atoms with E-state index < -0.39 is 0 Å². The molecule has 0 bridgehead atoms. The van der Waals surface area contributed by atoms with Gasteiger partial charge in [0.15, 0.2) is 0 Å². The van der Waals surface area contributed by atoms with E-state index in [-0.39, 0.29) is 6.04 Å². The lowest BCUT2D eigenvalue weighted by atomic mass is 10.1.